The zero-order valence-corrected chi connectivity index (χ0v) is 12.3. The second kappa shape index (κ2) is 4.82. The van der Waals surface area contributed by atoms with Gasteiger partial charge in [0.2, 0.25) is 0 Å². The van der Waals surface area contributed by atoms with Crippen molar-refractivity contribution in [3.63, 3.8) is 0 Å². The van der Waals surface area contributed by atoms with Crippen LogP contribution in [0.3, 0.4) is 0 Å². The Hall–Kier alpha value is -1.61. The Bertz CT molecular complexity index is 636. The van der Waals surface area contributed by atoms with E-state index in [1.807, 2.05) is 30.3 Å². The van der Waals surface area contributed by atoms with Gasteiger partial charge in [0.15, 0.2) is 0 Å². The Labute approximate surface area is 121 Å². The van der Waals surface area contributed by atoms with Crippen LogP contribution in [0.2, 0.25) is 0 Å². The molecule has 1 unspecified atom stereocenters. The van der Waals surface area contributed by atoms with Gasteiger partial charge in [-0.3, -0.25) is 5.41 Å². The molecule has 0 aromatic heterocycles. The van der Waals surface area contributed by atoms with Gasteiger partial charge in [0.1, 0.15) is 5.84 Å². The van der Waals surface area contributed by atoms with Gasteiger partial charge in [-0.1, -0.05) is 52.3 Å². The fourth-order valence-corrected chi connectivity index (χ4v) is 3.00. The fraction of sp³-hybridized carbons (Fsp3) is 0.188. The normalized spacial score (nSPS) is 15.5. The summed E-state index contributed by atoms with van der Waals surface area (Å²) in [5, 5.41) is 8.34. The third-order valence-corrected chi connectivity index (χ3v) is 4.19. The lowest BCUT2D eigenvalue weighted by Gasteiger charge is -2.26. The van der Waals surface area contributed by atoms with E-state index in [1.54, 1.807) is 0 Å². The van der Waals surface area contributed by atoms with E-state index in [9.17, 15) is 0 Å². The van der Waals surface area contributed by atoms with E-state index in [2.05, 4.69) is 46.0 Å². The summed E-state index contributed by atoms with van der Waals surface area (Å²) in [5.41, 5.74) is 3.53. The minimum atomic E-state index is 0.206. The lowest BCUT2D eigenvalue weighted by molar-refractivity contribution is 0.341. The number of nitrogens with one attached hydrogen (secondary N) is 1. The maximum atomic E-state index is 8.34. The lowest BCUT2D eigenvalue weighted by Crippen LogP contribution is -2.27. The standard InChI is InChI=1S/C16H15BrN2/c1-11(12-6-4-7-14(17)9-12)19-10-13-5-2-3-8-15(13)16(19)18/h2-9,11,18H,10H2,1H3. The second-order valence-corrected chi connectivity index (χ2v) is 5.78. The van der Waals surface area contributed by atoms with Gasteiger partial charge in [-0.15, -0.1) is 0 Å². The molecule has 2 aromatic rings. The van der Waals surface area contributed by atoms with Crippen LogP contribution in [0.5, 0.6) is 0 Å². The van der Waals surface area contributed by atoms with Crippen LogP contribution < -0.4 is 0 Å². The molecular formula is C16H15BrN2. The third kappa shape index (κ3) is 2.19. The van der Waals surface area contributed by atoms with Crippen molar-refractivity contribution in [3.05, 3.63) is 69.7 Å². The van der Waals surface area contributed by atoms with Gasteiger partial charge in [0, 0.05) is 16.6 Å². The molecule has 1 aliphatic rings. The summed E-state index contributed by atoms with van der Waals surface area (Å²) >= 11 is 3.51. The van der Waals surface area contributed by atoms with Gasteiger partial charge in [-0.25, -0.2) is 0 Å². The highest BCUT2D eigenvalue weighted by molar-refractivity contribution is 9.10. The highest BCUT2D eigenvalue weighted by Gasteiger charge is 2.27. The van der Waals surface area contributed by atoms with E-state index in [4.69, 9.17) is 5.41 Å². The van der Waals surface area contributed by atoms with Crippen LogP contribution in [0.4, 0.5) is 0 Å². The molecule has 96 valence electrons. The van der Waals surface area contributed by atoms with E-state index >= 15 is 0 Å². The largest absolute Gasteiger partial charge is 0.345 e. The van der Waals surface area contributed by atoms with Gasteiger partial charge in [-0.05, 0) is 30.2 Å². The highest BCUT2D eigenvalue weighted by Crippen LogP contribution is 2.31. The number of hydrogen-bond donors (Lipinski definition) is 1. The van der Waals surface area contributed by atoms with Crippen molar-refractivity contribution in [1.82, 2.24) is 4.90 Å². The minimum Gasteiger partial charge on any atom is -0.345 e. The summed E-state index contributed by atoms with van der Waals surface area (Å²) in [5.74, 6) is 0.628. The molecule has 1 aliphatic heterocycles. The molecule has 2 nitrogen and oxygen atoms in total. The van der Waals surface area contributed by atoms with Crippen LogP contribution >= 0.6 is 15.9 Å². The van der Waals surface area contributed by atoms with E-state index < -0.39 is 0 Å². The van der Waals surface area contributed by atoms with Crippen LogP contribution in [0, 0.1) is 5.41 Å². The molecule has 0 spiro atoms. The zero-order valence-electron chi connectivity index (χ0n) is 10.7. The summed E-state index contributed by atoms with van der Waals surface area (Å²) in [6.07, 6.45) is 0. The molecule has 0 radical (unpaired) electrons. The molecular weight excluding hydrogens is 300 g/mol. The Kier molecular flexibility index (Phi) is 3.15. The molecule has 0 amide bonds. The smallest absolute Gasteiger partial charge is 0.129 e. The maximum Gasteiger partial charge on any atom is 0.129 e. The first-order valence-electron chi connectivity index (χ1n) is 6.36. The van der Waals surface area contributed by atoms with E-state index in [1.165, 1.54) is 11.1 Å². The van der Waals surface area contributed by atoms with Gasteiger partial charge in [0.05, 0.1) is 6.04 Å². The average Bonchev–Trinajstić information content (AvgIpc) is 2.76. The van der Waals surface area contributed by atoms with Crippen LogP contribution in [0.1, 0.15) is 29.7 Å². The average molecular weight is 315 g/mol. The SMILES string of the molecule is CC(c1cccc(Br)c1)N1Cc2ccccc2C1=N. The Balaban J connectivity index is 1.91. The Morgan fingerprint density at radius 3 is 2.68 bits per heavy atom. The predicted octanol–water partition coefficient (Wildman–Crippen LogP) is 4.35. The number of hydrogen-bond acceptors (Lipinski definition) is 1. The van der Waals surface area contributed by atoms with Gasteiger partial charge in [-0.2, -0.15) is 0 Å². The molecule has 0 aliphatic carbocycles. The zero-order chi connectivity index (χ0) is 13.4. The topological polar surface area (TPSA) is 27.1 Å². The first-order chi connectivity index (χ1) is 9.16. The molecule has 2 aromatic carbocycles. The molecule has 0 saturated heterocycles. The lowest BCUT2D eigenvalue weighted by atomic mass is 10.1. The van der Waals surface area contributed by atoms with E-state index in [0.29, 0.717) is 5.84 Å². The van der Waals surface area contributed by atoms with Crippen molar-refractivity contribution in [2.24, 2.45) is 0 Å². The molecule has 1 atom stereocenters. The monoisotopic (exact) mass is 314 g/mol. The predicted molar refractivity (Wildman–Crippen MR) is 81.4 cm³/mol. The van der Waals surface area contributed by atoms with Crippen molar-refractivity contribution in [2.45, 2.75) is 19.5 Å². The van der Waals surface area contributed by atoms with Gasteiger partial charge < -0.3 is 4.90 Å². The second-order valence-electron chi connectivity index (χ2n) is 4.86. The highest BCUT2D eigenvalue weighted by atomic mass is 79.9. The molecule has 3 heteroatoms. The van der Waals surface area contributed by atoms with Crippen LogP contribution in [0.25, 0.3) is 0 Å². The number of halogens is 1. The molecule has 0 bridgehead atoms. The summed E-state index contributed by atoms with van der Waals surface area (Å²) in [4.78, 5) is 2.15. The van der Waals surface area contributed by atoms with Crippen molar-refractivity contribution in [1.29, 1.82) is 5.41 Å². The minimum absolute atomic E-state index is 0.206. The van der Waals surface area contributed by atoms with E-state index in [-0.39, 0.29) is 6.04 Å². The maximum absolute atomic E-state index is 8.34. The molecule has 1 N–H and O–H groups in total. The Morgan fingerprint density at radius 1 is 1.16 bits per heavy atom. The molecule has 1 heterocycles. The third-order valence-electron chi connectivity index (χ3n) is 3.70. The quantitative estimate of drug-likeness (QED) is 0.876. The van der Waals surface area contributed by atoms with E-state index in [0.717, 1.165) is 16.6 Å². The molecule has 0 fully saturated rings. The number of fused-ring (bicyclic) bond motifs is 1. The summed E-state index contributed by atoms with van der Waals surface area (Å²) in [6, 6.07) is 16.7. The van der Waals surface area contributed by atoms with Crippen molar-refractivity contribution >= 4 is 21.8 Å². The first-order valence-corrected chi connectivity index (χ1v) is 7.15. The van der Waals surface area contributed by atoms with Crippen molar-refractivity contribution < 1.29 is 0 Å². The van der Waals surface area contributed by atoms with Crippen molar-refractivity contribution in [3.8, 4) is 0 Å². The number of rotatable bonds is 2. The fourth-order valence-electron chi connectivity index (χ4n) is 2.58. The number of benzene rings is 2. The molecule has 3 rings (SSSR count). The summed E-state index contributed by atoms with van der Waals surface area (Å²) in [6.45, 7) is 2.98. The van der Waals surface area contributed by atoms with Crippen molar-refractivity contribution in [2.75, 3.05) is 0 Å². The number of nitrogens with zero attached hydrogens (tertiary/aromatic N) is 1. The molecule has 0 saturated carbocycles. The Morgan fingerprint density at radius 2 is 1.95 bits per heavy atom. The first kappa shape index (κ1) is 12.4. The van der Waals surface area contributed by atoms with Crippen LogP contribution in [-0.4, -0.2) is 10.7 Å². The van der Waals surface area contributed by atoms with Crippen LogP contribution in [0.15, 0.2) is 53.0 Å². The van der Waals surface area contributed by atoms with Crippen LogP contribution in [-0.2, 0) is 6.54 Å². The summed E-state index contributed by atoms with van der Waals surface area (Å²) in [7, 11) is 0. The van der Waals surface area contributed by atoms with Gasteiger partial charge in [0.25, 0.3) is 0 Å². The summed E-state index contributed by atoms with van der Waals surface area (Å²) < 4.78 is 1.08. The van der Waals surface area contributed by atoms with Gasteiger partial charge >= 0.3 is 0 Å². The molecule has 19 heavy (non-hydrogen) atoms. The number of amidine groups is 1.